The predicted octanol–water partition coefficient (Wildman–Crippen LogP) is 7.19. The second kappa shape index (κ2) is 8.18. The van der Waals surface area contributed by atoms with Crippen LogP contribution in [-0.4, -0.2) is 24.5 Å². The lowest BCUT2D eigenvalue weighted by Gasteiger charge is -2.15. The summed E-state index contributed by atoms with van der Waals surface area (Å²) in [7, 11) is 0. The molecule has 5 aromatic heterocycles. The molecule has 1 aliphatic rings. The Bertz CT molecular complexity index is 1870. The van der Waals surface area contributed by atoms with Crippen molar-refractivity contribution in [2.45, 2.75) is 5.92 Å². The van der Waals surface area contributed by atoms with Crippen LogP contribution >= 0.6 is 0 Å². The second-order valence-corrected chi connectivity index (χ2v) is 9.65. The molecule has 0 radical (unpaired) electrons. The van der Waals surface area contributed by atoms with Gasteiger partial charge in [0, 0.05) is 83.1 Å². The van der Waals surface area contributed by atoms with Crippen molar-refractivity contribution in [2.24, 2.45) is 0 Å². The number of aromatic nitrogens is 5. The van der Waals surface area contributed by atoms with E-state index in [1.165, 1.54) is 38.9 Å². The lowest BCUT2D eigenvalue weighted by Crippen LogP contribution is -1.99. The summed E-state index contributed by atoms with van der Waals surface area (Å²) in [6, 6.07) is 26.1. The van der Waals surface area contributed by atoms with E-state index in [2.05, 4.69) is 97.3 Å². The standard InChI is InChI=1S/C33H21N5/c1-3-23(33-25-9-13-34-17-27(25)28-18-35-14-10-26(28)33)4-2-21(1)22-5-7-24(8-6-22)38-31-11-15-36-19-29(31)30-20-37-16-12-32(30)38/h1-20,33H. The minimum atomic E-state index is 0.196. The van der Waals surface area contributed by atoms with Gasteiger partial charge in [0.25, 0.3) is 0 Å². The monoisotopic (exact) mass is 487 g/mol. The zero-order valence-electron chi connectivity index (χ0n) is 20.4. The molecule has 0 N–H and O–H groups in total. The van der Waals surface area contributed by atoms with Gasteiger partial charge in [-0.1, -0.05) is 36.4 Å². The average Bonchev–Trinajstić information content (AvgIpc) is 3.51. The number of pyridine rings is 4. The summed E-state index contributed by atoms with van der Waals surface area (Å²) in [6.45, 7) is 0. The zero-order valence-corrected chi connectivity index (χ0v) is 20.4. The largest absolute Gasteiger partial charge is 0.309 e. The zero-order chi connectivity index (χ0) is 25.1. The fraction of sp³-hybridized carbons (Fsp3) is 0.0303. The molecule has 5 heterocycles. The predicted molar refractivity (Wildman–Crippen MR) is 150 cm³/mol. The summed E-state index contributed by atoms with van der Waals surface area (Å²) in [5.74, 6) is 0.196. The topological polar surface area (TPSA) is 56.5 Å². The fourth-order valence-corrected chi connectivity index (χ4v) is 5.95. The van der Waals surface area contributed by atoms with Gasteiger partial charge >= 0.3 is 0 Å². The molecule has 7 aromatic rings. The van der Waals surface area contributed by atoms with Crippen molar-refractivity contribution < 1.29 is 0 Å². The molecular weight excluding hydrogens is 466 g/mol. The van der Waals surface area contributed by atoms with Crippen LogP contribution in [0.2, 0.25) is 0 Å². The quantitative estimate of drug-likeness (QED) is 0.265. The summed E-state index contributed by atoms with van der Waals surface area (Å²) < 4.78 is 2.28. The Balaban J connectivity index is 1.16. The van der Waals surface area contributed by atoms with E-state index in [4.69, 9.17) is 0 Å². The summed E-state index contributed by atoms with van der Waals surface area (Å²) in [6.07, 6.45) is 15.2. The Morgan fingerprint density at radius 2 is 0.947 bits per heavy atom. The summed E-state index contributed by atoms with van der Waals surface area (Å²) >= 11 is 0. The number of rotatable bonds is 3. The highest BCUT2D eigenvalue weighted by Crippen LogP contribution is 2.47. The van der Waals surface area contributed by atoms with Gasteiger partial charge in [-0.15, -0.1) is 0 Å². The van der Waals surface area contributed by atoms with Gasteiger partial charge in [0.2, 0.25) is 0 Å². The van der Waals surface area contributed by atoms with Crippen molar-refractivity contribution in [3.63, 3.8) is 0 Å². The van der Waals surface area contributed by atoms with E-state index < -0.39 is 0 Å². The van der Waals surface area contributed by atoms with Crippen LogP contribution in [0.3, 0.4) is 0 Å². The Morgan fingerprint density at radius 1 is 0.474 bits per heavy atom. The molecule has 0 saturated carbocycles. The minimum absolute atomic E-state index is 0.196. The fourth-order valence-electron chi connectivity index (χ4n) is 5.95. The average molecular weight is 488 g/mol. The second-order valence-electron chi connectivity index (χ2n) is 9.65. The number of fused-ring (bicyclic) bond motifs is 6. The molecular formula is C33H21N5. The van der Waals surface area contributed by atoms with Crippen LogP contribution in [0.4, 0.5) is 0 Å². The molecule has 2 aromatic carbocycles. The van der Waals surface area contributed by atoms with Crippen LogP contribution in [0, 0.1) is 0 Å². The molecule has 38 heavy (non-hydrogen) atoms. The van der Waals surface area contributed by atoms with Crippen LogP contribution in [0.5, 0.6) is 0 Å². The van der Waals surface area contributed by atoms with Gasteiger partial charge in [-0.05, 0) is 64.2 Å². The highest BCUT2D eigenvalue weighted by atomic mass is 15.0. The molecule has 5 nitrogen and oxygen atoms in total. The van der Waals surface area contributed by atoms with E-state index in [0.717, 1.165) is 27.5 Å². The van der Waals surface area contributed by atoms with E-state index in [9.17, 15) is 0 Å². The van der Waals surface area contributed by atoms with Crippen molar-refractivity contribution in [1.29, 1.82) is 0 Å². The van der Waals surface area contributed by atoms with E-state index in [0.29, 0.717) is 0 Å². The van der Waals surface area contributed by atoms with Crippen molar-refractivity contribution in [3.05, 3.63) is 139 Å². The van der Waals surface area contributed by atoms with E-state index in [1.807, 2.05) is 49.6 Å². The maximum absolute atomic E-state index is 4.36. The Kier molecular flexibility index (Phi) is 4.52. The Labute approximate surface area is 219 Å². The third kappa shape index (κ3) is 3.05. The number of hydrogen-bond donors (Lipinski definition) is 0. The van der Waals surface area contributed by atoms with Crippen LogP contribution < -0.4 is 0 Å². The third-order valence-corrected chi connectivity index (χ3v) is 7.69. The first-order chi connectivity index (χ1) is 18.9. The molecule has 0 aliphatic heterocycles. The summed E-state index contributed by atoms with van der Waals surface area (Å²) in [4.78, 5) is 17.4. The summed E-state index contributed by atoms with van der Waals surface area (Å²) in [5.41, 5.74) is 12.0. The third-order valence-electron chi connectivity index (χ3n) is 7.69. The SMILES string of the molecule is c1cc2c(cn1)-c1cnccc1C2c1ccc(-c2ccc(-n3c4ccncc4c4cnccc43)cc2)cc1. The molecule has 1 aliphatic carbocycles. The molecule has 5 heteroatoms. The highest BCUT2D eigenvalue weighted by Gasteiger charge is 2.30. The molecule has 0 spiro atoms. The van der Waals surface area contributed by atoms with Gasteiger partial charge in [0.1, 0.15) is 0 Å². The smallest absolute Gasteiger partial charge is 0.0572 e. The first-order valence-electron chi connectivity index (χ1n) is 12.6. The van der Waals surface area contributed by atoms with Crippen molar-refractivity contribution in [1.82, 2.24) is 24.5 Å². The van der Waals surface area contributed by atoms with Crippen molar-refractivity contribution >= 4 is 21.8 Å². The highest BCUT2D eigenvalue weighted by molar-refractivity contribution is 6.08. The normalized spacial score (nSPS) is 12.6. The molecule has 0 atom stereocenters. The summed E-state index contributed by atoms with van der Waals surface area (Å²) in [5, 5.41) is 2.22. The minimum Gasteiger partial charge on any atom is -0.309 e. The van der Waals surface area contributed by atoms with Crippen LogP contribution in [0.25, 0.3) is 49.7 Å². The molecule has 0 amide bonds. The lowest BCUT2D eigenvalue weighted by molar-refractivity contribution is 1.01. The van der Waals surface area contributed by atoms with Gasteiger partial charge in [-0.2, -0.15) is 0 Å². The van der Waals surface area contributed by atoms with E-state index in [-0.39, 0.29) is 5.92 Å². The van der Waals surface area contributed by atoms with Gasteiger partial charge in [-0.25, -0.2) is 0 Å². The van der Waals surface area contributed by atoms with Gasteiger partial charge in [0.15, 0.2) is 0 Å². The Morgan fingerprint density at radius 3 is 1.50 bits per heavy atom. The van der Waals surface area contributed by atoms with Crippen LogP contribution in [0.15, 0.2) is 122 Å². The maximum Gasteiger partial charge on any atom is 0.0572 e. The first-order valence-corrected chi connectivity index (χ1v) is 12.6. The molecule has 0 saturated heterocycles. The molecule has 8 rings (SSSR count). The lowest BCUT2D eigenvalue weighted by atomic mass is 9.89. The van der Waals surface area contributed by atoms with Crippen molar-refractivity contribution in [3.8, 4) is 27.9 Å². The van der Waals surface area contributed by atoms with E-state index in [1.54, 1.807) is 0 Å². The maximum atomic E-state index is 4.36. The van der Waals surface area contributed by atoms with Gasteiger partial charge < -0.3 is 4.57 Å². The molecule has 0 fully saturated rings. The van der Waals surface area contributed by atoms with Crippen molar-refractivity contribution in [2.75, 3.05) is 0 Å². The first kappa shape index (κ1) is 21.0. The molecule has 0 unspecified atom stereocenters. The van der Waals surface area contributed by atoms with Crippen LogP contribution in [0.1, 0.15) is 22.6 Å². The molecule has 178 valence electrons. The Hall–Kier alpha value is -5.16. The number of nitrogens with zero attached hydrogens (tertiary/aromatic N) is 5. The molecule has 0 bridgehead atoms. The van der Waals surface area contributed by atoms with E-state index >= 15 is 0 Å². The van der Waals surface area contributed by atoms with Gasteiger partial charge in [0.05, 0.1) is 11.0 Å². The number of benzene rings is 2. The van der Waals surface area contributed by atoms with Gasteiger partial charge in [-0.3, -0.25) is 19.9 Å². The number of hydrogen-bond acceptors (Lipinski definition) is 4. The van der Waals surface area contributed by atoms with Crippen LogP contribution in [-0.2, 0) is 0 Å².